The number of aliphatic hydroxyl groups excluding tert-OH is 1. The molecule has 0 fully saturated rings. The number of carbonyl (C=O) groups is 1. The Morgan fingerprint density at radius 1 is 1.38 bits per heavy atom. The summed E-state index contributed by atoms with van der Waals surface area (Å²) in [6.45, 7) is 10.8. The van der Waals surface area contributed by atoms with Crippen LogP contribution >= 0.6 is 0 Å². The summed E-state index contributed by atoms with van der Waals surface area (Å²) in [7, 11) is 0. The average Bonchev–Trinajstić information content (AvgIpc) is 2.12. The van der Waals surface area contributed by atoms with E-state index >= 15 is 0 Å². The summed E-state index contributed by atoms with van der Waals surface area (Å²) in [5.41, 5.74) is -0.577. The smallest absolute Gasteiger partial charge is 0.239 e. The molecule has 96 valence electrons. The van der Waals surface area contributed by atoms with E-state index in [-0.39, 0.29) is 5.91 Å². The van der Waals surface area contributed by atoms with Gasteiger partial charge >= 0.3 is 0 Å². The highest BCUT2D eigenvalue weighted by atomic mass is 16.3. The fraction of sp³-hybridized carbons (Fsp3) is 0.917. The molecule has 4 heteroatoms. The molecule has 0 aliphatic carbocycles. The van der Waals surface area contributed by atoms with Gasteiger partial charge in [-0.2, -0.15) is 0 Å². The highest BCUT2D eigenvalue weighted by molar-refractivity contribution is 5.85. The zero-order chi connectivity index (χ0) is 12.8. The molecule has 4 nitrogen and oxygen atoms in total. The number of amides is 1. The molecule has 0 rings (SSSR count). The molecule has 3 N–H and O–H groups in total. The van der Waals surface area contributed by atoms with Crippen molar-refractivity contribution in [3.63, 3.8) is 0 Å². The van der Waals surface area contributed by atoms with Gasteiger partial charge in [0.25, 0.3) is 0 Å². The molecule has 16 heavy (non-hydrogen) atoms. The van der Waals surface area contributed by atoms with Crippen LogP contribution in [0.2, 0.25) is 0 Å². The Kier molecular flexibility index (Phi) is 6.60. The summed E-state index contributed by atoms with van der Waals surface area (Å²) >= 11 is 0. The number of likely N-dealkylation sites (N-methyl/N-ethyl adjacent to an activating group) is 1. The Balaban J connectivity index is 3.97. The van der Waals surface area contributed by atoms with E-state index in [9.17, 15) is 9.90 Å². The Hall–Kier alpha value is -0.610. The maximum atomic E-state index is 11.8. The normalized spacial score (nSPS) is 13.9. The van der Waals surface area contributed by atoms with E-state index < -0.39 is 11.6 Å². The number of rotatable bonds is 7. The van der Waals surface area contributed by atoms with Crippen molar-refractivity contribution < 1.29 is 9.90 Å². The summed E-state index contributed by atoms with van der Waals surface area (Å²) in [5, 5.41) is 15.5. The maximum Gasteiger partial charge on any atom is 0.239 e. The second kappa shape index (κ2) is 6.86. The molecule has 0 aliphatic heterocycles. The van der Waals surface area contributed by atoms with Crippen LogP contribution in [0.1, 0.15) is 41.0 Å². The van der Waals surface area contributed by atoms with Crippen LogP contribution in [0, 0.1) is 5.92 Å². The number of nitrogens with one attached hydrogen (secondary N) is 2. The molecular formula is C12H26N2O2. The van der Waals surface area contributed by atoms with Gasteiger partial charge in [-0.25, -0.2) is 0 Å². The lowest BCUT2D eigenvalue weighted by Crippen LogP contribution is -2.53. The van der Waals surface area contributed by atoms with Crippen molar-refractivity contribution in [1.82, 2.24) is 10.6 Å². The molecule has 0 saturated carbocycles. The first-order valence-corrected chi connectivity index (χ1v) is 6.01. The Morgan fingerprint density at radius 3 is 2.38 bits per heavy atom. The minimum absolute atomic E-state index is 0.0721. The highest BCUT2D eigenvalue weighted by Gasteiger charge is 2.26. The summed E-state index contributed by atoms with van der Waals surface area (Å²) in [4.78, 5) is 11.8. The van der Waals surface area contributed by atoms with Crippen LogP contribution in [-0.4, -0.2) is 35.7 Å². The van der Waals surface area contributed by atoms with Gasteiger partial charge in [0, 0.05) is 6.54 Å². The predicted molar refractivity (Wildman–Crippen MR) is 66.2 cm³/mol. The first-order valence-electron chi connectivity index (χ1n) is 6.01. The number of hydrogen-bond donors (Lipinski definition) is 3. The van der Waals surface area contributed by atoms with Gasteiger partial charge in [0.15, 0.2) is 0 Å². The van der Waals surface area contributed by atoms with Crippen molar-refractivity contribution in [3.05, 3.63) is 0 Å². The summed E-state index contributed by atoms with van der Waals surface area (Å²) in [5.74, 6) is 0.367. The minimum atomic E-state index is -0.577. The molecular weight excluding hydrogens is 204 g/mol. The third-order valence-corrected chi connectivity index (χ3v) is 2.43. The fourth-order valence-electron chi connectivity index (χ4n) is 1.58. The molecule has 1 atom stereocenters. The number of aliphatic hydroxyl groups is 1. The van der Waals surface area contributed by atoms with Crippen LogP contribution in [0.4, 0.5) is 0 Å². The van der Waals surface area contributed by atoms with Gasteiger partial charge in [0.2, 0.25) is 5.91 Å². The Labute approximate surface area is 98.8 Å². The van der Waals surface area contributed by atoms with Crippen LogP contribution < -0.4 is 10.6 Å². The van der Waals surface area contributed by atoms with E-state index in [1.165, 1.54) is 0 Å². The van der Waals surface area contributed by atoms with Crippen molar-refractivity contribution in [1.29, 1.82) is 0 Å². The molecule has 0 aromatic heterocycles. The van der Waals surface area contributed by atoms with E-state index in [1.54, 1.807) is 0 Å². The molecule has 0 aliphatic rings. The average molecular weight is 230 g/mol. The molecule has 0 saturated heterocycles. The number of carbonyl (C=O) groups excluding carboxylic acids is 1. The van der Waals surface area contributed by atoms with Crippen LogP contribution in [0.25, 0.3) is 0 Å². The second-order valence-corrected chi connectivity index (χ2v) is 5.15. The van der Waals surface area contributed by atoms with Crippen molar-refractivity contribution in [2.75, 3.05) is 13.1 Å². The third kappa shape index (κ3) is 6.08. The van der Waals surface area contributed by atoms with Crippen LogP contribution in [-0.2, 0) is 4.79 Å². The lowest BCUT2D eigenvalue weighted by Gasteiger charge is -2.25. The zero-order valence-corrected chi connectivity index (χ0v) is 11.1. The summed E-state index contributed by atoms with van der Waals surface area (Å²) in [6.07, 6.45) is 0.253. The van der Waals surface area contributed by atoms with Gasteiger partial charge in [-0.1, -0.05) is 20.8 Å². The standard InChI is InChI=1S/C12H26N2O2/c1-6-14-12(4,5)11(16)13-8-10(15)7-9(2)3/h9-10,14-15H,6-8H2,1-5H3,(H,13,16). The quantitative estimate of drug-likeness (QED) is 0.609. The Morgan fingerprint density at radius 2 is 1.94 bits per heavy atom. The summed E-state index contributed by atoms with van der Waals surface area (Å²) < 4.78 is 0. The monoisotopic (exact) mass is 230 g/mol. The molecule has 0 bridgehead atoms. The van der Waals surface area contributed by atoms with Gasteiger partial charge in [0.05, 0.1) is 11.6 Å². The highest BCUT2D eigenvalue weighted by Crippen LogP contribution is 2.05. The molecule has 0 spiro atoms. The molecule has 0 radical (unpaired) electrons. The van der Waals surface area contributed by atoms with E-state index in [4.69, 9.17) is 0 Å². The van der Waals surface area contributed by atoms with Gasteiger partial charge in [-0.05, 0) is 32.7 Å². The van der Waals surface area contributed by atoms with E-state index in [0.29, 0.717) is 18.9 Å². The van der Waals surface area contributed by atoms with Gasteiger partial charge in [-0.15, -0.1) is 0 Å². The van der Waals surface area contributed by atoms with Crippen molar-refractivity contribution in [2.24, 2.45) is 5.92 Å². The molecule has 1 unspecified atom stereocenters. The third-order valence-electron chi connectivity index (χ3n) is 2.43. The molecule has 0 heterocycles. The lowest BCUT2D eigenvalue weighted by atomic mass is 10.0. The van der Waals surface area contributed by atoms with E-state index in [0.717, 1.165) is 6.54 Å². The molecule has 0 aromatic carbocycles. The van der Waals surface area contributed by atoms with E-state index in [2.05, 4.69) is 10.6 Å². The largest absolute Gasteiger partial charge is 0.391 e. The van der Waals surface area contributed by atoms with Crippen LogP contribution in [0.5, 0.6) is 0 Å². The first-order chi connectivity index (χ1) is 7.29. The van der Waals surface area contributed by atoms with Gasteiger partial charge < -0.3 is 15.7 Å². The SMILES string of the molecule is CCNC(C)(C)C(=O)NCC(O)CC(C)C. The predicted octanol–water partition coefficient (Wildman–Crippen LogP) is 0.898. The van der Waals surface area contributed by atoms with Crippen molar-refractivity contribution >= 4 is 5.91 Å². The molecule has 0 aromatic rings. The second-order valence-electron chi connectivity index (χ2n) is 5.15. The Bertz CT molecular complexity index is 215. The van der Waals surface area contributed by atoms with E-state index in [1.807, 2.05) is 34.6 Å². The zero-order valence-electron chi connectivity index (χ0n) is 11.1. The molecule has 1 amide bonds. The first kappa shape index (κ1) is 15.4. The minimum Gasteiger partial charge on any atom is -0.391 e. The van der Waals surface area contributed by atoms with Crippen LogP contribution in [0.3, 0.4) is 0 Å². The van der Waals surface area contributed by atoms with Crippen molar-refractivity contribution in [2.45, 2.75) is 52.7 Å². The van der Waals surface area contributed by atoms with Crippen molar-refractivity contribution in [3.8, 4) is 0 Å². The van der Waals surface area contributed by atoms with Gasteiger partial charge in [-0.3, -0.25) is 4.79 Å². The lowest BCUT2D eigenvalue weighted by molar-refractivity contribution is -0.126. The maximum absolute atomic E-state index is 11.8. The topological polar surface area (TPSA) is 61.4 Å². The fourth-order valence-corrected chi connectivity index (χ4v) is 1.58. The van der Waals surface area contributed by atoms with Gasteiger partial charge in [0.1, 0.15) is 0 Å². The summed E-state index contributed by atoms with van der Waals surface area (Å²) in [6, 6.07) is 0. The number of hydrogen-bond acceptors (Lipinski definition) is 3. The van der Waals surface area contributed by atoms with Crippen LogP contribution in [0.15, 0.2) is 0 Å².